The van der Waals surface area contributed by atoms with Crippen LogP contribution in [0.15, 0.2) is 18.3 Å². The standard InChI is InChI=1S/C12H15N3O3/c16-10(8-11(17)18)14-9-4-3-5-13-12(9)15-6-1-2-7-15/h3-5H,1-2,6-8H2,(H,14,16)(H,17,18). The molecule has 96 valence electrons. The van der Waals surface area contributed by atoms with Gasteiger partial charge in [0.2, 0.25) is 5.91 Å². The average molecular weight is 249 g/mol. The van der Waals surface area contributed by atoms with E-state index in [4.69, 9.17) is 5.11 Å². The monoisotopic (exact) mass is 249 g/mol. The number of carbonyl (C=O) groups is 2. The summed E-state index contributed by atoms with van der Waals surface area (Å²) < 4.78 is 0. The predicted molar refractivity (Wildman–Crippen MR) is 66.6 cm³/mol. The molecular weight excluding hydrogens is 234 g/mol. The van der Waals surface area contributed by atoms with E-state index in [1.54, 1.807) is 18.3 Å². The molecule has 0 atom stereocenters. The molecule has 1 saturated heterocycles. The molecule has 0 radical (unpaired) electrons. The van der Waals surface area contributed by atoms with E-state index in [2.05, 4.69) is 15.2 Å². The molecule has 2 N–H and O–H groups in total. The van der Waals surface area contributed by atoms with Gasteiger partial charge in [0, 0.05) is 19.3 Å². The summed E-state index contributed by atoms with van der Waals surface area (Å²) in [5.41, 5.74) is 0.575. The molecule has 1 aromatic rings. The van der Waals surface area contributed by atoms with E-state index in [1.807, 2.05) is 0 Å². The van der Waals surface area contributed by atoms with Gasteiger partial charge in [0.25, 0.3) is 0 Å². The number of carboxylic acid groups (broad SMARTS) is 1. The second kappa shape index (κ2) is 5.48. The lowest BCUT2D eigenvalue weighted by Gasteiger charge is -2.19. The molecule has 0 aromatic carbocycles. The van der Waals surface area contributed by atoms with Crippen molar-refractivity contribution in [2.45, 2.75) is 19.3 Å². The molecule has 1 aromatic heterocycles. The van der Waals surface area contributed by atoms with E-state index in [0.29, 0.717) is 11.5 Å². The lowest BCUT2D eigenvalue weighted by atomic mass is 10.3. The summed E-state index contributed by atoms with van der Waals surface area (Å²) in [4.78, 5) is 28.3. The molecule has 0 saturated carbocycles. The maximum Gasteiger partial charge on any atom is 0.312 e. The number of aliphatic carboxylic acids is 1. The van der Waals surface area contributed by atoms with Gasteiger partial charge in [-0.25, -0.2) is 4.98 Å². The predicted octanol–water partition coefficient (Wildman–Crippen LogP) is 1.10. The van der Waals surface area contributed by atoms with E-state index >= 15 is 0 Å². The molecule has 1 fully saturated rings. The topological polar surface area (TPSA) is 82.5 Å². The Morgan fingerprint density at radius 2 is 2.11 bits per heavy atom. The zero-order chi connectivity index (χ0) is 13.0. The van der Waals surface area contributed by atoms with Crippen LogP contribution < -0.4 is 10.2 Å². The molecule has 1 aliphatic rings. The van der Waals surface area contributed by atoms with Crippen LogP contribution in [0.4, 0.5) is 11.5 Å². The zero-order valence-corrected chi connectivity index (χ0v) is 9.93. The van der Waals surface area contributed by atoms with Gasteiger partial charge in [-0.05, 0) is 25.0 Å². The highest BCUT2D eigenvalue weighted by Crippen LogP contribution is 2.26. The molecule has 0 aliphatic carbocycles. The number of hydrogen-bond donors (Lipinski definition) is 2. The van der Waals surface area contributed by atoms with Crippen molar-refractivity contribution in [1.82, 2.24) is 4.98 Å². The zero-order valence-electron chi connectivity index (χ0n) is 9.93. The van der Waals surface area contributed by atoms with Crippen molar-refractivity contribution in [2.24, 2.45) is 0 Å². The first-order valence-corrected chi connectivity index (χ1v) is 5.88. The Morgan fingerprint density at radius 3 is 2.78 bits per heavy atom. The second-order valence-corrected chi connectivity index (χ2v) is 4.19. The summed E-state index contributed by atoms with van der Waals surface area (Å²) in [7, 11) is 0. The van der Waals surface area contributed by atoms with Gasteiger partial charge in [0.1, 0.15) is 6.42 Å². The van der Waals surface area contributed by atoms with Gasteiger partial charge in [-0.15, -0.1) is 0 Å². The SMILES string of the molecule is O=C(O)CC(=O)Nc1cccnc1N1CCCC1. The summed E-state index contributed by atoms with van der Waals surface area (Å²) in [5, 5.41) is 11.2. The van der Waals surface area contributed by atoms with Crippen LogP contribution in [0.2, 0.25) is 0 Å². The second-order valence-electron chi connectivity index (χ2n) is 4.19. The minimum absolute atomic E-state index is 0.532. The van der Waals surface area contributed by atoms with Crippen LogP contribution in [-0.2, 0) is 9.59 Å². The van der Waals surface area contributed by atoms with Crippen LogP contribution in [0, 0.1) is 0 Å². The number of rotatable bonds is 4. The van der Waals surface area contributed by atoms with Gasteiger partial charge in [0.15, 0.2) is 5.82 Å². The number of aromatic nitrogens is 1. The minimum Gasteiger partial charge on any atom is -0.481 e. The van der Waals surface area contributed by atoms with Gasteiger partial charge in [-0.1, -0.05) is 0 Å². The average Bonchev–Trinajstić information content (AvgIpc) is 2.81. The van der Waals surface area contributed by atoms with Gasteiger partial charge in [-0.3, -0.25) is 9.59 Å². The third-order valence-corrected chi connectivity index (χ3v) is 2.78. The molecule has 0 unspecified atom stereocenters. The van der Waals surface area contributed by atoms with Crippen molar-refractivity contribution in [1.29, 1.82) is 0 Å². The van der Waals surface area contributed by atoms with Crippen molar-refractivity contribution in [3.63, 3.8) is 0 Å². The Hall–Kier alpha value is -2.11. The molecule has 2 heterocycles. The molecule has 18 heavy (non-hydrogen) atoms. The minimum atomic E-state index is -1.14. The molecule has 0 bridgehead atoms. The number of nitrogens with one attached hydrogen (secondary N) is 1. The first-order chi connectivity index (χ1) is 8.66. The van der Waals surface area contributed by atoms with Crippen LogP contribution in [-0.4, -0.2) is 35.1 Å². The van der Waals surface area contributed by atoms with E-state index in [1.165, 1.54) is 0 Å². The maximum atomic E-state index is 11.5. The number of nitrogens with zero attached hydrogens (tertiary/aromatic N) is 2. The fraction of sp³-hybridized carbons (Fsp3) is 0.417. The highest BCUT2D eigenvalue weighted by atomic mass is 16.4. The number of carboxylic acids is 1. The lowest BCUT2D eigenvalue weighted by Crippen LogP contribution is -2.23. The molecule has 2 rings (SSSR count). The molecule has 0 spiro atoms. The molecule has 6 heteroatoms. The van der Waals surface area contributed by atoms with Crippen molar-refractivity contribution < 1.29 is 14.7 Å². The van der Waals surface area contributed by atoms with Crippen LogP contribution in [0.5, 0.6) is 0 Å². The van der Waals surface area contributed by atoms with Crippen LogP contribution in [0.3, 0.4) is 0 Å². The Balaban J connectivity index is 2.12. The van der Waals surface area contributed by atoms with Crippen molar-refractivity contribution in [2.75, 3.05) is 23.3 Å². The summed E-state index contributed by atoms with van der Waals surface area (Å²) in [6.45, 7) is 1.83. The molecule has 1 aliphatic heterocycles. The van der Waals surface area contributed by atoms with Gasteiger partial charge in [0.05, 0.1) is 5.69 Å². The van der Waals surface area contributed by atoms with Crippen LogP contribution in [0.25, 0.3) is 0 Å². The molecule has 1 amide bonds. The molecule has 6 nitrogen and oxygen atoms in total. The Labute approximate surface area is 105 Å². The summed E-state index contributed by atoms with van der Waals surface area (Å²) >= 11 is 0. The number of hydrogen-bond acceptors (Lipinski definition) is 4. The first-order valence-electron chi connectivity index (χ1n) is 5.88. The van der Waals surface area contributed by atoms with E-state index < -0.39 is 18.3 Å². The lowest BCUT2D eigenvalue weighted by molar-refractivity contribution is -0.139. The Morgan fingerprint density at radius 1 is 1.39 bits per heavy atom. The van der Waals surface area contributed by atoms with Crippen molar-refractivity contribution in [3.05, 3.63) is 18.3 Å². The normalized spacial score (nSPS) is 14.6. The largest absolute Gasteiger partial charge is 0.481 e. The number of amides is 1. The fourth-order valence-corrected chi connectivity index (χ4v) is 2.01. The quantitative estimate of drug-likeness (QED) is 0.781. The fourth-order valence-electron chi connectivity index (χ4n) is 2.01. The van der Waals surface area contributed by atoms with Gasteiger partial charge in [-0.2, -0.15) is 0 Å². The third-order valence-electron chi connectivity index (χ3n) is 2.78. The molecular formula is C12H15N3O3. The van der Waals surface area contributed by atoms with Crippen LogP contribution >= 0.6 is 0 Å². The van der Waals surface area contributed by atoms with Crippen molar-refractivity contribution in [3.8, 4) is 0 Å². The highest BCUT2D eigenvalue weighted by Gasteiger charge is 2.18. The van der Waals surface area contributed by atoms with Gasteiger partial charge >= 0.3 is 5.97 Å². The summed E-state index contributed by atoms with van der Waals surface area (Å²) in [6, 6.07) is 3.45. The van der Waals surface area contributed by atoms with E-state index in [9.17, 15) is 9.59 Å². The smallest absolute Gasteiger partial charge is 0.312 e. The first kappa shape index (κ1) is 12.3. The third kappa shape index (κ3) is 2.97. The summed E-state index contributed by atoms with van der Waals surface area (Å²) in [6.07, 6.45) is 3.35. The number of carbonyl (C=O) groups excluding carboxylic acids is 1. The maximum absolute atomic E-state index is 11.5. The highest BCUT2D eigenvalue weighted by molar-refractivity contribution is 6.02. The number of pyridine rings is 1. The Bertz CT molecular complexity index is 456. The van der Waals surface area contributed by atoms with Crippen LogP contribution in [0.1, 0.15) is 19.3 Å². The van der Waals surface area contributed by atoms with Crippen molar-refractivity contribution >= 4 is 23.4 Å². The van der Waals surface area contributed by atoms with E-state index in [-0.39, 0.29) is 0 Å². The Kier molecular flexibility index (Phi) is 3.76. The van der Waals surface area contributed by atoms with Gasteiger partial charge < -0.3 is 15.3 Å². The summed E-state index contributed by atoms with van der Waals surface area (Å²) in [5.74, 6) is -0.955. The van der Waals surface area contributed by atoms with E-state index in [0.717, 1.165) is 25.9 Å². The number of anilines is 2.